The number of rotatable bonds is 9. The Morgan fingerprint density at radius 2 is 1.90 bits per heavy atom. The Labute approximate surface area is 188 Å². The van der Waals surface area contributed by atoms with E-state index in [1.807, 2.05) is 49.4 Å². The minimum absolute atomic E-state index is 0.0939. The average molecular weight is 458 g/mol. The smallest absolute Gasteiger partial charge is 0.233 e. The normalized spacial score (nSPS) is 11.5. The van der Waals surface area contributed by atoms with Gasteiger partial charge in [0.05, 0.1) is 12.4 Å². The van der Waals surface area contributed by atoms with Crippen LogP contribution in [0.3, 0.4) is 0 Å². The molecule has 0 saturated carbocycles. The number of anilines is 3. The molecular weight excluding hydrogens is 434 g/mol. The summed E-state index contributed by atoms with van der Waals surface area (Å²) in [5.74, 6) is 0.513. The Bertz CT molecular complexity index is 1060. The van der Waals surface area contributed by atoms with Gasteiger partial charge in [-0.3, -0.25) is 9.59 Å². The molecule has 1 atom stereocenters. The number of nitrogens with one attached hydrogen (secondary N) is 3. The van der Waals surface area contributed by atoms with Gasteiger partial charge in [-0.25, -0.2) is 0 Å². The Hall–Kier alpha value is -3.11. The van der Waals surface area contributed by atoms with Crippen LogP contribution in [0, 0.1) is 0 Å². The predicted octanol–water partition coefficient (Wildman–Crippen LogP) is 4.05. The van der Waals surface area contributed by atoms with E-state index in [0.717, 1.165) is 17.0 Å². The number of ether oxygens (including phenoxy) is 1. The molecule has 8 nitrogen and oxygen atoms in total. The summed E-state index contributed by atoms with van der Waals surface area (Å²) in [5.41, 5.74) is 2.39. The largest absolute Gasteiger partial charge is 0.496 e. The van der Waals surface area contributed by atoms with Gasteiger partial charge in [-0.15, -0.1) is 10.2 Å². The molecule has 0 aliphatic heterocycles. The zero-order chi connectivity index (χ0) is 22.2. The molecule has 10 heteroatoms. The third-order valence-corrected chi connectivity index (χ3v) is 6.16. The van der Waals surface area contributed by atoms with Crippen LogP contribution in [0.5, 0.6) is 5.75 Å². The van der Waals surface area contributed by atoms with E-state index in [1.165, 1.54) is 30.0 Å². The van der Waals surface area contributed by atoms with Crippen molar-refractivity contribution < 1.29 is 14.3 Å². The van der Waals surface area contributed by atoms with Crippen LogP contribution in [0.25, 0.3) is 0 Å². The first-order valence-corrected chi connectivity index (χ1v) is 11.2. The van der Waals surface area contributed by atoms with Crippen molar-refractivity contribution in [1.82, 2.24) is 15.5 Å². The van der Waals surface area contributed by atoms with Gasteiger partial charge in [0.25, 0.3) is 0 Å². The van der Waals surface area contributed by atoms with Crippen molar-refractivity contribution in [3.05, 3.63) is 54.1 Å². The minimum atomic E-state index is -0.335. The maximum absolute atomic E-state index is 12.5. The standard InChI is InChI=1S/C21H23N5O3S2/c1-13(19(28)22-12-15-7-4-5-10-18(15)29-3)30-21-26-25-20(31-21)24-17-9-6-8-16(11-17)23-14(2)27/h4-11,13H,12H2,1-3H3,(H,22,28)(H,23,27)(H,24,25). The molecule has 0 bridgehead atoms. The van der Waals surface area contributed by atoms with E-state index >= 15 is 0 Å². The van der Waals surface area contributed by atoms with Crippen LogP contribution in [0.1, 0.15) is 19.4 Å². The number of hydrogen-bond donors (Lipinski definition) is 3. The van der Waals surface area contributed by atoms with Gasteiger partial charge in [0, 0.05) is 30.4 Å². The van der Waals surface area contributed by atoms with Crippen molar-refractivity contribution in [3.63, 3.8) is 0 Å². The SMILES string of the molecule is COc1ccccc1CNC(=O)C(C)Sc1nnc(Nc2cccc(NC(C)=O)c2)s1. The summed E-state index contributed by atoms with van der Waals surface area (Å²) in [6.45, 7) is 3.68. The highest BCUT2D eigenvalue weighted by atomic mass is 32.2. The lowest BCUT2D eigenvalue weighted by Crippen LogP contribution is -2.30. The quantitative estimate of drug-likeness (QED) is 0.416. The Morgan fingerprint density at radius 3 is 2.68 bits per heavy atom. The molecule has 2 amide bonds. The van der Waals surface area contributed by atoms with Crippen molar-refractivity contribution >= 4 is 51.4 Å². The van der Waals surface area contributed by atoms with E-state index in [1.54, 1.807) is 13.2 Å². The molecule has 0 saturated heterocycles. The second-order valence-electron chi connectivity index (χ2n) is 6.55. The predicted molar refractivity (Wildman–Crippen MR) is 124 cm³/mol. The van der Waals surface area contributed by atoms with Crippen LogP contribution < -0.4 is 20.7 Å². The fraction of sp³-hybridized carbons (Fsp3) is 0.238. The van der Waals surface area contributed by atoms with Gasteiger partial charge in [0.2, 0.25) is 16.9 Å². The van der Waals surface area contributed by atoms with Crippen molar-refractivity contribution in [2.45, 2.75) is 30.0 Å². The summed E-state index contributed by atoms with van der Waals surface area (Å²) >= 11 is 2.70. The Kier molecular flexibility index (Phi) is 7.85. The number of methoxy groups -OCH3 is 1. The molecule has 3 aromatic rings. The lowest BCUT2D eigenvalue weighted by molar-refractivity contribution is -0.120. The van der Waals surface area contributed by atoms with E-state index in [2.05, 4.69) is 26.1 Å². The van der Waals surface area contributed by atoms with Crippen LogP contribution in [-0.4, -0.2) is 34.4 Å². The van der Waals surface area contributed by atoms with Crippen molar-refractivity contribution in [1.29, 1.82) is 0 Å². The van der Waals surface area contributed by atoms with Gasteiger partial charge < -0.3 is 20.7 Å². The Balaban J connectivity index is 1.54. The third-order valence-electron chi connectivity index (χ3n) is 4.13. The first-order chi connectivity index (χ1) is 14.9. The van der Waals surface area contributed by atoms with Crippen LogP contribution >= 0.6 is 23.1 Å². The number of aromatic nitrogens is 2. The first-order valence-electron chi connectivity index (χ1n) is 9.49. The maximum Gasteiger partial charge on any atom is 0.233 e. The lowest BCUT2D eigenvalue weighted by Gasteiger charge is -2.12. The van der Waals surface area contributed by atoms with Crippen molar-refractivity contribution in [2.24, 2.45) is 0 Å². The fourth-order valence-electron chi connectivity index (χ4n) is 2.69. The molecule has 3 N–H and O–H groups in total. The second kappa shape index (κ2) is 10.8. The summed E-state index contributed by atoms with van der Waals surface area (Å²) < 4.78 is 5.99. The molecule has 1 aromatic heterocycles. The molecule has 1 unspecified atom stereocenters. The molecule has 0 aliphatic carbocycles. The number of benzene rings is 2. The molecular formula is C21H23N5O3S2. The topological polar surface area (TPSA) is 105 Å². The monoisotopic (exact) mass is 457 g/mol. The zero-order valence-electron chi connectivity index (χ0n) is 17.3. The zero-order valence-corrected chi connectivity index (χ0v) is 19.0. The molecule has 0 aliphatic rings. The van der Waals surface area contributed by atoms with E-state index in [9.17, 15) is 9.59 Å². The summed E-state index contributed by atoms with van der Waals surface area (Å²) in [7, 11) is 1.61. The molecule has 2 aromatic carbocycles. The number of carbonyl (C=O) groups excluding carboxylic acids is 2. The first kappa shape index (κ1) is 22.6. The average Bonchev–Trinajstić information content (AvgIpc) is 3.18. The van der Waals surface area contributed by atoms with E-state index in [-0.39, 0.29) is 17.1 Å². The number of amides is 2. The highest BCUT2D eigenvalue weighted by Crippen LogP contribution is 2.31. The van der Waals surface area contributed by atoms with Crippen LogP contribution in [0.4, 0.5) is 16.5 Å². The number of nitrogens with zero attached hydrogens (tertiary/aromatic N) is 2. The molecule has 0 spiro atoms. The van der Waals surface area contributed by atoms with E-state index in [0.29, 0.717) is 21.7 Å². The van der Waals surface area contributed by atoms with Gasteiger partial charge in [0.1, 0.15) is 5.75 Å². The summed E-state index contributed by atoms with van der Waals surface area (Å²) in [6, 6.07) is 14.9. The molecule has 0 radical (unpaired) electrons. The highest BCUT2D eigenvalue weighted by molar-refractivity contribution is 8.02. The van der Waals surface area contributed by atoms with Crippen molar-refractivity contribution in [3.8, 4) is 5.75 Å². The van der Waals surface area contributed by atoms with Crippen molar-refractivity contribution in [2.75, 3.05) is 17.7 Å². The fourth-order valence-corrected chi connectivity index (χ4v) is 4.63. The second-order valence-corrected chi connectivity index (χ2v) is 9.12. The molecule has 3 rings (SSSR count). The molecule has 162 valence electrons. The van der Waals surface area contributed by atoms with Gasteiger partial charge >= 0.3 is 0 Å². The Morgan fingerprint density at radius 1 is 1.13 bits per heavy atom. The minimum Gasteiger partial charge on any atom is -0.496 e. The van der Waals surface area contributed by atoms with Crippen LogP contribution in [-0.2, 0) is 16.1 Å². The number of thioether (sulfide) groups is 1. The number of hydrogen-bond acceptors (Lipinski definition) is 8. The van der Waals surface area contributed by atoms with Gasteiger partial charge in [-0.1, -0.05) is 47.4 Å². The molecule has 0 fully saturated rings. The van der Waals surface area contributed by atoms with Crippen LogP contribution in [0.15, 0.2) is 52.9 Å². The van der Waals surface area contributed by atoms with Gasteiger partial charge in [-0.05, 0) is 31.2 Å². The third kappa shape index (κ3) is 6.69. The summed E-state index contributed by atoms with van der Waals surface area (Å²) in [4.78, 5) is 23.7. The van der Waals surface area contributed by atoms with Gasteiger partial charge in [0.15, 0.2) is 4.34 Å². The van der Waals surface area contributed by atoms with E-state index in [4.69, 9.17) is 4.74 Å². The molecule has 1 heterocycles. The summed E-state index contributed by atoms with van der Waals surface area (Å²) in [6.07, 6.45) is 0. The number of para-hydroxylation sites is 1. The van der Waals surface area contributed by atoms with E-state index < -0.39 is 0 Å². The lowest BCUT2D eigenvalue weighted by atomic mass is 10.2. The van der Waals surface area contributed by atoms with Gasteiger partial charge in [-0.2, -0.15) is 0 Å². The molecule has 31 heavy (non-hydrogen) atoms. The highest BCUT2D eigenvalue weighted by Gasteiger charge is 2.17. The number of carbonyl (C=O) groups is 2. The summed E-state index contributed by atoms with van der Waals surface area (Å²) in [5, 5.41) is 17.4. The maximum atomic E-state index is 12.5. The van der Waals surface area contributed by atoms with Crippen LogP contribution in [0.2, 0.25) is 0 Å².